The van der Waals surface area contributed by atoms with Crippen molar-refractivity contribution in [3.8, 4) is 0 Å². The number of nitrogens with one attached hydrogen (secondary N) is 1. The van der Waals surface area contributed by atoms with Gasteiger partial charge in [-0.3, -0.25) is 4.79 Å². The van der Waals surface area contributed by atoms with Crippen molar-refractivity contribution < 1.29 is 25.2 Å². The Bertz CT molecular complexity index is 802. The minimum Gasteiger partial charge on any atom is -0.394 e. The molecule has 5 N–H and O–H groups in total. The number of hydrogen-bond acceptors (Lipinski definition) is 5. The Kier molecular flexibility index (Phi) is 41.0. The number of aliphatic hydroxyl groups excluding tert-OH is 4. The lowest BCUT2D eigenvalue weighted by molar-refractivity contribution is -0.132. The molecule has 0 rings (SSSR count). The number of carbonyl (C=O) groups excluding carboxylic acids is 1. The third-order valence-electron chi connectivity index (χ3n) is 10.9. The van der Waals surface area contributed by atoms with Gasteiger partial charge in [-0.05, 0) is 44.9 Å². The first-order valence-electron chi connectivity index (χ1n) is 23.2. The summed E-state index contributed by atoms with van der Waals surface area (Å²) in [5.41, 5.74) is 0. The van der Waals surface area contributed by atoms with Crippen molar-refractivity contribution in [1.82, 2.24) is 5.32 Å². The van der Waals surface area contributed by atoms with Crippen molar-refractivity contribution in [2.45, 2.75) is 263 Å². The first-order chi connectivity index (χ1) is 26.0. The van der Waals surface area contributed by atoms with E-state index in [0.29, 0.717) is 19.3 Å². The molecule has 4 atom stereocenters. The number of carbonyl (C=O) groups is 1. The number of aliphatic hydroxyl groups is 4. The summed E-state index contributed by atoms with van der Waals surface area (Å²) in [6.07, 6.45) is 48.2. The average Bonchev–Trinajstić information content (AvgIpc) is 3.16. The molecule has 6 nitrogen and oxygen atoms in total. The second-order valence-electron chi connectivity index (χ2n) is 16.1. The lowest BCUT2D eigenvalue weighted by Gasteiger charge is -2.27. The van der Waals surface area contributed by atoms with E-state index in [9.17, 15) is 25.2 Å². The SMILES string of the molecule is CCC/C=C/CC/C=C/CCCC(O)C(O)C(CO)NC(=O)C(O)CCCCCCCCCCCCCCCCCCCCCCCCCCCCC. The van der Waals surface area contributed by atoms with Gasteiger partial charge < -0.3 is 25.7 Å². The van der Waals surface area contributed by atoms with Gasteiger partial charge >= 0.3 is 0 Å². The number of hydrogen-bond donors (Lipinski definition) is 5. The van der Waals surface area contributed by atoms with Gasteiger partial charge in [0.1, 0.15) is 12.2 Å². The molecule has 0 aliphatic rings. The van der Waals surface area contributed by atoms with Crippen LogP contribution in [0.1, 0.15) is 239 Å². The molecule has 0 aromatic carbocycles. The highest BCUT2D eigenvalue weighted by atomic mass is 16.3. The molecule has 0 aromatic heterocycles. The number of allylic oxidation sites excluding steroid dienone is 4. The van der Waals surface area contributed by atoms with Crippen LogP contribution in [0.4, 0.5) is 0 Å². The molecular weight excluding hydrogens is 659 g/mol. The highest BCUT2D eigenvalue weighted by Crippen LogP contribution is 2.17. The van der Waals surface area contributed by atoms with Gasteiger partial charge in [0.2, 0.25) is 5.91 Å². The zero-order valence-corrected chi connectivity index (χ0v) is 35.3. The molecule has 4 unspecified atom stereocenters. The lowest BCUT2D eigenvalue weighted by atomic mass is 10.00. The van der Waals surface area contributed by atoms with Crippen molar-refractivity contribution in [3.63, 3.8) is 0 Å². The maximum absolute atomic E-state index is 12.5. The van der Waals surface area contributed by atoms with Gasteiger partial charge in [-0.2, -0.15) is 0 Å². The molecule has 0 fully saturated rings. The maximum atomic E-state index is 12.5. The zero-order valence-electron chi connectivity index (χ0n) is 35.3. The molecule has 0 spiro atoms. The highest BCUT2D eigenvalue weighted by molar-refractivity contribution is 5.80. The van der Waals surface area contributed by atoms with Crippen LogP contribution in [0.25, 0.3) is 0 Å². The molecular formula is C47H91NO5. The fourth-order valence-corrected chi connectivity index (χ4v) is 7.19. The fraction of sp³-hybridized carbons (Fsp3) is 0.894. The minimum atomic E-state index is -1.28. The Morgan fingerprint density at radius 3 is 1.19 bits per heavy atom. The smallest absolute Gasteiger partial charge is 0.249 e. The van der Waals surface area contributed by atoms with Gasteiger partial charge in [0.05, 0.1) is 18.8 Å². The Balaban J connectivity index is 3.59. The molecule has 1 amide bonds. The van der Waals surface area contributed by atoms with E-state index in [0.717, 1.165) is 44.9 Å². The summed E-state index contributed by atoms with van der Waals surface area (Å²) in [6.45, 7) is 3.96. The van der Waals surface area contributed by atoms with Crippen LogP contribution in [0.3, 0.4) is 0 Å². The molecule has 0 radical (unpaired) electrons. The van der Waals surface area contributed by atoms with Crippen molar-refractivity contribution in [2.75, 3.05) is 6.61 Å². The van der Waals surface area contributed by atoms with Crippen LogP contribution in [0.15, 0.2) is 24.3 Å². The summed E-state index contributed by atoms with van der Waals surface area (Å²) in [4.78, 5) is 12.5. The topological polar surface area (TPSA) is 110 Å². The average molecular weight is 750 g/mol. The molecule has 0 aliphatic heterocycles. The van der Waals surface area contributed by atoms with Crippen LogP contribution in [-0.4, -0.2) is 57.3 Å². The summed E-state index contributed by atoms with van der Waals surface area (Å²) in [6, 6.07) is -1.00. The Labute approximate surface area is 329 Å². The molecule has 0 saturated carbocycles. The molecule has 0 saturated heterocycles. The predicted molar refractivity (Wildman–Crippen MR) is 228 cm³/mol. The van der Waals surface area contributed by atoms with Crippen LogP contribution < -0.4 is 5.32 Å². The van der Waals surface area contributed by atoms with E-state index in [2.05, 4.69) is 43.5 Å². The summed E-state index contributed by atoms with van der Waals surface area (Å²) >= 11 is 0. The second-order valence-corrected chi connectivity index (χ2v) is 16.1. The maximum Gasteiger partial charge on any atom is 0.249 e. The van der Waals surface area contributed by atoms with Gasteiger partial charge in [-0.25, -0.2) is 0 Å². The zero-order chi connectivity index (χ0) is 38.9. The van der Waals surface area contributed by atoms with Crippen LogP contribution in [-0.2, 0) is 4.79 Å². The first-order valence-corrected chi connectivity index (χ1v) is 23.2. The predicted octanol–water partition coefficient (Wildman–Crippen LogP) is 12.4. The first kappa shape index (κ1) is 51.8. The molecule has 0 heterocycles. The summed E-state index contributed by atoms with van der Waals surface area (Å²) in [5, 5.41) is 43.5. The van der Waals surface area contributed by atoms with E-state index >= 15 is 0 Å². The van der Waals surface area contributed by atoms with Gasteiger partial charge in [0.15, 0.2) is 0 Å². The van der Waals surface area contributed by atoms with E-state index in [1.54, 1.807) is 0 Å². The Morgan fingerprint density at radius 2 is 0.811 bits per heavy atom. The van der Waals surface area contributed by atoms with Crippen LogP contribution >= 0.6 is 0 Å². The van der Waals surface area contributed by atoms with Crippen LogP contribution in [0.2, 0.25) is 0 Å². The molecule has 314 valence electrons. The highest BCUT2D eigenvalue weighted by Gasteiger charge is 2.28. The Morgan fingerprint density at radius 1 is 0.453 bits per heavy atom. The van der Waals surface area contributed by atoms with Gasteiger partial charge in [0.25, 0.3) is 0 Å². The summed E-state index contributed by atoms with van der Waals surface area (Å²) in [7, 11) is 0. The molecule has 6 heteroatoms. The summed E-state index contributed by atoms with van der Waals surface area (Å²) in [5.74, 6) is -0.596. The third-order valence-corrected chi connectivity index (χ3v) is 10.9. The summed E-state index contributed by atoms with van der Waals surface area (Å²) < 4.78 is 0. The minimum absolute atomic E-state index is 0.364. The number of amides is 1. The van der Waals surface area contributed by atoms with Crippen LogP contribution in [0.5, 0.6) is 0 Å². The lowest BCUT2D eigenvalue weighted by Crippen LogP contribution is -2.53. The third kappa shape index (κ3) is 36.2. The molecule has 53 heavy (non-hydrogen) atoms. The van der Waals surface area contributed by atoms with E-state index < -0.39 is 36.9 Å². The largest absolute Gasteiger partial charge is 0.394 e. The molecule has 0 aromatic rings. The quantitative estimate of drug-likeness (QED) is 0.0315. The van der Waals surface area contributed by atoms with Crippen molar-refractivity contribution in [2.24, 2.45) is 0 Å². The normalized spacial score (nSPS) is 14.3. The molecule has 0 aliphatic carbocycles. The van der Waals surface area contributed by atoms with Crippen molar-refractivity contribution in [3.05, 3.63) is 24.3 Å². The monoisotopic (exact) mass is 750 g/mol. The second kappa shape index (κ2) is 41.9. The van der Waals surface area contributed by atoms with E-state index in [4.69, 9.17) is 0 Å². The van der Waals surface area contributed by atoms with Gasteiger partial charge in [-0.15, -0.1) is 0 Å². The van der Waals surface area contributed by atoms with Gasteiger partial charge in [0, 0.05) is 0 Å². The van der Waals surface area contributed by atoms with E-state index in [1.165, 1.54) is 161 Å². The van der Waals surface area contributed by atoms with Crippen molar-refractivity contribution in [1.29, 1.82) is 0 Å². The standard InChI is InChI=1S/C47H91NO5/c1-3-5-7-9-11-13-15-16-17-18-19-20-21-22-23-24-25-26-27-28-29-30-31-33-35-37-39-41-45(51)47(53)48-43(42-49)46(52)44(50)40-38-36-34-32-14-12-10-8-6-4-2/h8,10,32,34,43-46,49-52H,3-7,9,11-31,33,35-42H2,1-2H3,(H,48,53)/b10-8+,34-32+. The van der Waals surface area contributed by atoms with E-state index in [1.807, 2.05) is 0 Å². The number of rotatable bonds is 42. The van der Waals surface area contributed by atoms with Crippen molar-refractivity contribution >= 4 is 5.91 Å². The number of unbranched alkanes of at least 4 members (excludes halogenated alkanes) is 29. The van der Waals surface area contributed by atoms with Crippen LogP contribution in [0, 0.1) is 0 Å². The molecule has 0 bridgehead atoms. The Hall–Kier alpha value is -1.21. The van der Waals surface area contributed by atoms with Gasteiger partial charge in [-0.1, -0.05) is 218 Å². The van der Waals surface area contributed by atoms with E-state index in [-0.39, 0.29) is 0 Å². The fourth-order valence-electron chi connectivity index (χ4n) is 7.19.